The number of hydrogen-bond donors (Lipinski definition) is 0. The minimum Gasteiger partial charge on any atom is -0.445 e. The van der Waals surface area contributed by atoms with Crippen molar-refractivity contribution in [2.75, 3.05) is 19.6 Å². The van der Waals surface area contributed by atoms with E-state index in [0.29, 0.717) is 19.6 Å². The Hall–Kier alpha value is -2.24. The molecular weight excluding hydrogens is 356 g/mol. The van der Waals surface area contributed by atoms with Gasteiger partial charge >= 0.3 is 12.2 Å². The molecule has 1 unspecified atom stereocenters. The molecule has 1 heterocycles. The van der Waals surface area contributed by atoms with E-state index in [9.17, 15) is 9.59 Å². The second kappa shape index (κ2) is 8.84. The summed E-state index contributed by atoms with van der Waals surface area (Å²) in [6, 6.07) is 9.96. The van der Waals surface area contributed by atoms with Crippen LogP contribution in [0.1, 0.15) is 52.0 Å². The lowest BCUT2D eigenvalue weighted by Gasteiger charge is -2.39. The van der Waals surface area contributed by atoms with Gasteiger partial charge in [-0.05, 0) is 57.9 Å². The second-order valence-corrected chi connectivity index (χ2v) is 8.86. The van der Waals surface area contributed by atoms with Crippen molar-refractivity contribution < 1.29 is 19.1 Å². The van der Waals surface area contributed by atoms with E-state index >= 15 is 0 Å². The van der Waals surface area contributed by atoms with E-state index in [1.165, 1.54) is 0 Å². The highest BCUT2D eigenvalue weighted by Gasteiger charge is 2.36. The van der Waals surface area contributed by atoms with E-state index in [-0.39, 0.29) is 30.8 Å². The van der Waals surface area contributed by atoms with Crippen molar-refractivity contribution in [3.8, 4) is 0 Å². The predicted octanol–water partition coefficient (Wildman–Crippen LogP) is 4.43. The van der Waals surface area contributed by atoms with Crippen molar-refractivity contribution in [1.82, 2.24) is 9.80 Å². The van der Waals surface area contributed by atoms with Crippen molar-refractivity contribution in [2.45, 2.75) is 64.7 Å². The fourth-order valence-corrected chi connectivity index (χ4v) is 3.63. The minimum atomic E-state index is -0.498. The van der Waals surface area contributed by atoms with Gasteiger partial charge in [0.25, 0.3) is 0 Å². The van der Waals surface area contributed by atoms with Crippen molar-refractivity contribution in [3.05, 3.63) is 35.9 Å². The SMILES string of the molecule is CC(C)(C)OC(=O)N(CC1CCN(C(=O)OCc2ccccc2)C1)C1CCC1. The van der Waals surface area contributed by atoms with E-state index in [2.05, 4.69) is 0 Å². The standard InChI is InChI=1S/C22H32N2O4/c1-22(2,3)28-21(26)24(19-10-7-11-19)15-18-12-13-23(14-18)20(25)27-16-17-8-5-4-6-9-17/h4-6,8-9,18-19H,7,10-16H2,1-3H3. The van der Waals surface area contributed by atoms with Crippen LogP contribution in [0.3, 0.4) is 0 Å². The van der Waals surface area contributed by atoms with E-state index in [1.54, 1.807) is 4.90 Å². The van der Waals surface area contributed by atoms with Gasteiger partial charge in [0.15, 0.2) is 0 Å². The van der Waals surface area contributed by atoms with Crippen LogP contribution in [0.4, 0.5) is 9.59 Å². The lowest BCUT2D eigenvalue weighted by molar-refractivity contribution is 0.00317. The van der Waals surface area contributed by atoms with Crippen LogP contribution in [-0.2, 0) is 16.1 Å². The van der Waals surface area contributed by atoms with Gasteiger partial charge in [-0.2, -0.15) is 0 Å². The molecule has 0 N–H and O–H groups in total. The number of rotatable bonds is 5. The number of ether oxygens (including phenoxy) is 2. The summed E-state index contributed by atoms with van der Waals surface area (Å²) in [6.45, 7) is 7.90. The molecule has 1 aromatic rings. The van der Waals surface area contributed by atoms with Crippen LogP contribution in [0.25, 0.3) is 0 Å². The molecule has 0 radical (unpaired) electrons. The molecule has 1 aromatic carbocycles. The van der Waals surface area contributed by atoms with Gasteiger partial charge in [0.1, 0.15) is 12.2 Å². The molecule has 2 aliphatic rings. The summed E-state index contributed by atoms with van der Waals surface area (Å²) in [6.07, 6.45) is 3.60. The Labute approximate surface area is 167 Å². The van der Waals surface area contributed by atoms with Gasteiger partial charge in [0.05, 0.1) is 0 Å². The molecule has 3 rings (SSSR count). The van der Waals surface area contributed by atoms with E-state index in [0.717, 1.165) is 31.2 Å². The second-order valence-electron chi connectivity index (χ2n) is 8.86. The average Bonchev–Trinajstić information content (AvgIpc) is 3.06. The van der Waals surface area contributed by atoms with Crippen LogP contribution in [-0.4, -0.2) is 53.3 Å². The van der Waals surface area contributed by atoms with Crippen LogP contribution in [0, 0.1) is 5.92 Å². The Kier molecular flexibility index (Phi) is 6.47. The van der Waals surface area contributed by atoms with Gasteiger partial charge in [0.2, 0.25) is 0 Å². The molecule has 1 aliphatic carbocycles. The average molecular weight is 389 g/mol. The molecule has 1 aliphatic heterocycles. The third kappa shape index (κ3) is 5.63. The molecule has 2 amide bonds. The molecule has 0 spiro atoms. The molecule has 6 heteroatoms. The summed E-state index contributed by atoms with van der Waals surface area (Å²) >= 11 is 0. The Morgan fingerprint density at radius 3 is 2.46 bits per heavy atom. The van der Waals surface area contributed by atoms with Crippen molar-refractivity contribution >= 4 is 12.2 Å². The molecule has 28 heavy (non-hydrogen) atoms. The number of benzene rings is 1. The third-order valence-electron chi connectivity index (χ3n) is 5.35. The maximum atomic E-state index is 12.7. The molecule has 2 fully saturated rings. The summed E-state index contributed by atoms with van der Waals surface area (Å²) in [7, 11) is 0. The lowest BCUT2D eigenvalue weighted by atomic mass is 9.91. The topological polar surface area (TPSA) is 59.1 Å². The molecule has 1 atom stereocenters. The van der Waals surface area contributed by atoms with Gasteiger partial charge in [-0.1, -0.05) is 30.3 Å². The van der Waals surface area contributed by atoms with Crippen molar-refractivity contribution in [2.24, 2.45) is 5.92 Å². The van der Waals surface area contributed by atoms with Gasteiger partial charge in [-0.3, -0.25) is 0 Å². The number of hydrogen-bond acceptors (Lipinski definition) is 4. The number of likely N-dealkylation sites (tertiary alicyclic amines) is 1. The molecular formula is C22H32N2O4. The number of nitrogens with zero attached hydrogens (tertiary/aromatic N) is 2. The molecule has 1 saturated heterocycles. The smallest absolute Gasteiger partial charge is 0.410 e. The Bertz CT molecular complexity index is 667. The summed E-state index contributed by atoms with van der Waals surface area (Å²) in [5.41, 5.74) is 0.481. The first-order valence-electron chi connectivity index (χ1n) is 10.3. The summed E-state index contributed by atoms with van der Waals surface area (Å²) < 4.78 is 11.1. The van der Waals surface area contributed by atoms with Crippen molar-refractivity contribution in [1.29, 1.82) is 0 Å². The normalized spacial score (nSPS) is 19.8. The van der Waals surface area contributed by atoms with Crippen LogP contribution in [0.5, 0.6) is 0 Å². The Morgan fingerprint density at radius 1 is 1.14 bits per heavy atom. The first-order valence-corrected chi connectivity index (χ1v) is 10.3. The zero-order chi connectivity index (χ0) is 20.1. The van der Waals surface area contributed by atoms with Gasteiger partial charge in [-0.25, -0.2) is 9.59 Å². The molecule has 0 bridgehead atoms. The fraction of sp³-hybridized carbons (Fsp3) is 0.636. The molecule has 0 aromatic heterocycles. The fourth-order valence-electron chi connectivity index (χ4n) is 3.63. The third-order valence-corrected chi connectivity index (χ3v) is 5.35. The molecule has 154 valence electrons. The zero-order valence-electron chi connectivity index (χ0n) is 17.2. The monoisotopic (exact) mass is 388 g/mol. The largest absolute Gasteiger partial charge is 0.445 e. The van der Waals surface area contributed by atoms with Crippen molar-refractivity contribution in [3.63, 3.8) is 0 Å². The predicted molar refractivity (Wildman–Crippen MR) is 107 cm³/mol. The Balaban J connectivity index is 1.50. The maximum absolute atomic E-state index is 12.7. The lowest BCUT2D eigenvalue weighted by Crippen LogP contribution is -2.48. The highest BCUT2D eigenvalue weighted by atomic mass is 16.6. The first-order chi connectivity index (χ1) is 13.3. The van der Waals surface area contributed by atoms with Crippen LogP contribution in [0.15, 0.2) is 30.3 Å². The summed E-state index contributed by atoms with van der Waals surface area (Å²) in [4.78, 5) is 28.7. The highest BCUT2D eigenvalue weighted by molar-refractivity contribution is 5.69. The summed E-state index contributed by atoms with van der Waals surface area (Å²) in [5.74, 6) is 0.261. The molecule has 6 nitrogen and oxygen atoms in total. The Morgan fingerprint density at radius 2 is 1.86 bits per heavy atom. The highest BCUT2D eigenvalue weighted by Crippen LogP contribution is 2.29. The number of carbonyl (C=O) groups excluding carboxylic acids is 2. The number of amides is 2. The van der Waals surface area contributed by atoms with Gasteiger partial charge in [0, 0.05) is 25.7 Å². The van der Waals surface area contributed by atoms with Gasteiger partial charge < -0.3 is 19.3 Å². The van der Waals surface area contributed by atoms with E-state index < -0.39 is 5.60 Å². The zero-order valence-corrected chi connectivity index (χ0v) is 17.2. The maximum Gasteiger partial charge on any atom is 0.410 e. The van der Waals surface area contributed by atoms with E-state index in [1.807, 2.05) is 56.0 Å². The quantitative estimate of drug-likeness (QED) is 0.748. The van der Waals surface area contributed by atoms with Crippen LogP contribution >= 0.6 is 0 Å². The van der Waals surface area contributed by atoms with Crippen LogP contribution in [0.2, 0.25) is 0 Å². The first kappa shape index (κ1) is 20.5. The van der Waals surface area contributed by atoms with Crippen LogP contribution < -0.4 is 0 Å². The minimum absolute atomic E-state index is 0.234. The van der Waals surface area contributed by atoms with Gasteiger partial charge in [-0.15, -0.1) is 0 Å². The van der Waals surface area contributed by atoms with E-state index in [4.69, 9.17) is 9.47 Å². The number of carbonyl (C=O) groups is 2. The molecule has 1 saturated carbocycles. The summed E-state index contributed by atoms with van der Waals surface area (Å²) in [5, 5.41) is 0.